The first kappa shape index (κ1) is 13.7. The molecule has 3 nitrogen and oxygen atoms in total. The lowest BCUT2D eigenvalue weighted by Gasteiger charge is -2.31. The molecule has 0 aromatic rings. The van der Waals surface area contributed by atoms with E-state index < -0.39 is 5.60 Å². The summed E-state index contributed by atoms with van der Waals surface area (Å²) in [7, 11) is 0. The molecule has 1 saturated carbocycles. The Hall–Kier alpha value is -0.730. The number of likely N-dealkylation sites (tertiary alicyclic amines) is 1. The number of rotatable bonds is 0. The number of carbonyl (C=O) groups excluding carboxylic acids is 1. The predicted octanol–water partition coefficient (Wildman–Crippen LogP) is 3.68. The molecule has 0 bridgehead atoms. The van der Waals surface area contributed by atoms with Gasteiger partial charge in [0, 0.05) is 13.1 Å². The Morgan fingerprint density at radius 2 is 1.61 bits per heavy atom. The molecule has 0 aromatic carbocycles. The monoisotopic (exact) mass is 253 g/mol. The van der Waals surface area contributed by atoms with E-state index in [2.05, 4.69) is 20.8 Å². The molecule has 1 saturated heterocycles. The number of hydrogen-bond acceptors (Lipinski definition) is 2. The van der Waals surface area contributed by atoms with Crippen molar-refractivity contribution in [3.05, 3.63) is 0 Å². The van der Waals surface area contributed by atoms with Gasteiger partial charge in [-0.1, -0.05) is 20.8 Å². The second-order valence-corrected chi connectivity index (χ2v) is 7.97. The van der Waals surface area contributed by atoms with Gasteiger partial charge in [-0.05, 0) is 50.4 Å². The van der Waals surface area contributed by atoms with Crippen molar-refractivity contribution in [3.8, 4) is 0 Å². The van der Waals surface area contributed by atoms with Crippen molar-refractivity contribution in [2.45, 2.75) is 60.0 Å². The highest BCUT2D eigenvalue weighted by Gasteiger charge is 2.58. The third-order valence-electron chi connectivity index (χ3n) is 4.79. The van der Waals surface area contributed by atoms with E-state index in [-0.39, 0.29) is 16.9 Å². The van der Waals surface area contributed by atoms with Gasteiger partial charge >= 0.3 is 6.09 Å². The summed E-state index contributed by atoms with van der Waals surface area (Å²) in [6.45, 7) is 14.5. The second-order valence-electron chi connectivity index (χ2n) is 7.97. The smallest absolute Gasteiger partial charge is 0.410 e. The normalized spacial score (nSPS) is 39.9. The molecule has 104 valence electrons. The fourth-order valence-corrected chi connectivity index (χ4v) is 3.97. The predicted molar refractivity (Wildman–Crippen MR) is 72.4 cm³/mol. The van der Waals surface area contributed by atoms with Gasteiger partial charge in [0.15, 0.2) is 0 Å². The van der Waals surface area contributed by atoms with Crippen LogP contribution < -0.4 is 0 Å². The first-order valence-electron chi connectivity index (χ1n) is 7.03. The lowest BCUT2D eigenvalue weighted by atomic mass is 9.71. The van der Waals surface area contributed by atoms with Gasteiger partial charge in [0.25, 0.3) is 0 Å². The molecule has 1 aliphatic carbocycles. The van der Waals surface area contributed by atoms with Crippen LogP contribution in [0, 0.1) is 16.7 Å². The van der Waals surface area contributed by atoms with E-state index in [0.717, 1.165) is 19.0 Å². The van der Waals surface area contributed by atoms with Crippen molar-refractivity contribution in [1.82, 2.24) is 4.90 Å². The van der Waals surface area contributed by atoms with Crippen LogP contribution in [0.15, 0.2) is 0 Å². The zero-order valence-corrected chi connectivity index (χ0v) is 12.7. The summed E-state index contributed by atoms with van der Waals surface area (Å²) in [5, 5.41) is 0. The van der Waals surface area contributed by atoms with E-state index in [1.54, 1.807) is 0 Å². The number of fused-ring (bicyclic) bond motifs is 1. The maximum atomic E-state index is 12.2. The molecule has 3 heteroatoms. The van der Waals surface area contributed by atoms with Crippen LogP contribution in [0.2, 0.25) is 0 Å². The van der Waals surface area contributed by atoms with Gasteiger partial charge in [0.05, 0.1) is 0 Å². The van der Waals surface area contributed by atoms with E-state index in [9.17, 15) is 4.79 Å². The first-order valence-corrected chi connectivity index (χ1v) is 7.03. The zero-order valence-electron chi connectivity index (χ0n) is 12.7. The minimum atomic E-state index is -0.399. The number of carbonyl (C=O) groups is 1. The van der Waals surface area contributed by atoms with E-state index >= 15 is 0 Å². The summed E-state index contributed by atoms with van der Waals surface area (Å²) < 4.78 is 5.49. The van der Waals surface area contributed by atoms with Crippen LogP contribution in [-0.2, 0) is 4.74 Å². The minimum Gasteiger partial charge on any atom is -0.444 e. The molecule has 1 heterocycles. The molecule has 1 unspecified atom stereocenters. The van der Waals surface area contributed by atoms with Gasteiger partial charge in [-0.15, -0.1) is 0 Å². The average molecular weight is 253 g/mol. The van der Waals surface area contributed by atoms with Crippen LogP contribution in [-0.4, -0.2) is 29.7 Å². The molecule has 1 amide bonds. The Labute approximate surface area is 111 Å². The maximum absolute atomic E-state index is 12.2. The summed E-state index contributed by atoms with van der Waals surface area (Å²) in [4.78, 5) is 14.1. The largest absolute Gasteiger partial charge is 0.444 e. The molecule has 0 aromatic heterocycles. The Balaban J connectivity index is 2.08. The van der Waals surface area contributed by atoms with Gasteiger partial charge in [-0.25, -0.2) is 4.79 Å². The molecule has 0 N–H and O–H groups in total. The van der Waals surface area contributed by atoms with E-state index in [1.807, 2.05) is 25.7 Å². The van der Waals surface area contributed by atoms with Crippen LogP contribution in [0.25, 0.3) is 0 Å². The summed E-state index contributed by atoms with van der Waals surface area (Å²) in [6, 6.07) is 0. The SMILES string of the molecule is CC1C[C@@]2(C)CN(C(=O)OC(C)(C)C)C[C@@]2(C)C1. The minimum absolute atomic E-state index is 0.146. The van der Waals surface area contributed by atoms with Crippen molar-refractivity contribution in [1.29, 1.82) is 0 Å². The van der Waals surface area contributed by atoms with Gasteiger partial charge in [-0.2, -0.15) is 0 Å². The van der Waals surface area contributed by atoms with Gasteiger partial charge < -0.3 is 9.64 Å². The van der Waals surface area contributed by atoms with Crippen LogP contribution >= 0.6 is 0 Å². The third kappa shape index (κ3) is 2.24. The molecule has 1 aliphatic heterocycles. The first-order chi connectivity index (χ1) is 8.05. The highest BCUT2D eigenvalue weighted by molar-refractivity contribution is 5.69. The third-order valence-corrected chi connectivity index (χ3v) is 4.79. The van der Waals surface area contributed by atoms with Crippen LogP contribution in [0.3, 0.4) is 0 Å². The molecule has 2 aliphatic rings. The number of hydrogen-bond donors (Lipinski definition) is 0. The van der Waals surface area contributed by atoms with Crippen LogP contribution in [0.4, 0.5) is 4.79 Å². The van der Waals surface area contributed by atoms with Crippen LogP contribution in [0.1, 0.15) is 54.4 Å². The Kier molecular flexibility index (Phi) is 2.95. The van der Waals surface area contributed by atoms with Crippen molar-refractivity contribution >= 4 is 6.09 Å². The highest BCUT2D eigenvalue weighted by atomic mass is 16.6. The summed E-state index contributed by atoms with van der Waals surface area (Å²) in [6.07, 6.45) is 2.30. The molecule has 2 rings (SSSR count). The Bertz CT molecular complexity index is 340. The van der Waals surface area contributed by atoms with E-state index in [0.29, 0.717) is 0 Å². The lowest BCUT2D eigenvalue weighted by Crippen LogP contribution is -2.37. The van der Waals surface area contributed by atoms with Crippen LogP contribution in [0.5, 0.6) is 0 Å². The zero-order chi connectivity index (χ0) is 13.8. The standard InChI is InChI=1S/C15H27NO2/c1-11-7-14(5)9-16(10-15(14,6)8-11)12(17)18-13(2,3)4/h11H,7-10H2,1-6H3/t11?,14-,15+. The number of amides is 1. The van der Waals surface area contributed by atoms with Crippen molar-refractivity contribution in [2.75, 3.05) is 13.1 Å². The molecular formula is C15H27NO2. The number of nitrogens with zero attached hydrogens (tertiary/aromatic N) is 1. The summed E-state index contributed by atoms with van der Waals surface area (Å²) >= 11 is 0. The van der Waals surface area contributed by atoms with Crippen molar-refractivity contribution in [3.63, 3.8) is 0 Å². The van der Waals surface area contributed by atoms with Gasteiger partial charge in [-0.3, -0.25) is 0 Å². The fraction of sp³-hybridized carbons (Fsp3) is 0.933. The van der Waals surface area contributed by atoms with Gasteiger partial charge in [0.1, 0.15) is 5.60 Å². The molecular weight excluding hydrogens is 226 g/mol. The number of ether oxygens (including phenoxy) is 1. The summed E-state index contributed by atoms with van der Waals surface area (Å²) in [5.74, 6) is 0.779. The molecule has 18 heavy (non-hydrogen) atoms. The highest BCUT2D eigenvalue weighted by Crippen LogP contribution is 2.59. The topological polar surface area (TPSA) is 29.5 Å². The molecule has 0 radical (unpaired) electrons. The molecule has 2 fully saturated rings. The quantitative estimate of drug-likeness (QED) is 0.659. The fourth-order valence-electron chi connectivity index (χ4n) is 3.97. The Morgan fingerprint density at radius 3 is 2.00 bits per heavy atom. The van der Waals surface area contributed by atoms with Crippen molar-refractivity contribution in [2.24, 2.45) is 16.7 Å². The molecule has 3 atom stereocenters. The van der Waals surface area contributed by atoms with E-state index in [4.69, 9.17) is 4.74 Å². The molecule has 0 spiro atoms. The van der Waals surface area contributed by atoms with Gasteiger partial charge in [0.2, 0.25) is 0 Å². The maximum Gasteiger partial charge on any atom is 0.410 e. The summed E-state index contributed by atoms with van der Waals surface area (Å²) in [5.41, 5.74) is 0.135. The average Bonchev–Trinajstić information content (AvgIpc) is 2.45. The van der Waals surface area contributed by atoms with Crippen molar-refractivity contribution < 1.29 is 9.53 Å². The Morgan fingerprint density at radius 1 is 1.17 bits per heavy atom. The second kappa shape index (κ2) is 3.88. The lowest BCUT2D eigenvalue weighted by molar-refractivity contribution is 0.0262. The van der Waals surface area contributed by atoms with E-state index in [1.165, 1.54) is 12.8 Å².